The van der Waals surface area contributed by atoms with Gasteiger partial charge in [0.2, 0.25) is 0 Å². The van der Waals surface area contributed by atoms with Crippen LogP contribution in [0.15, 0.2) is 42.5 Å². The number of urea groups is 1. The molecule has 4 rings (SSSR count). The fraction of sp³-hybridized carbons (Fsp3) is 0.348. The van der Waals surface area contributed by atoms with Crippen molar-refractivity contribution in [3.8, 4) is 5.75 Å². The minimum atomic E-state index is -0.0890. The lowest BCUT2D eigenvalue weighted by Gasteiger charge is -2.23. The second-order valence-electron chi connectivity index (χ2n) is 7.57. The first kappa shape index (κ1) is 18.4. The van der Waals surface area contributed by atoms with Gasteiger partial charge in [0.05, 0.1) is 7.11 Å². The van der Waals surface area contributed by atoms with E-state index in [-0.39, 0.29) is 12.1 Å². The Morgan fingerprint density at radius 1 is 1.21 bits per heavy atom. The molecule has 5 heteroatoms. The second-order valence-corrected chi connectivity index (χ2v) is 7.57. The quantitative estimate of drug-likeness (QED) is 0.632. The van der Waals surface area contributed by atoms with Crippen LogP contribution in [-0.4, -0.2) is 30.7 Å². The van der Waals surface area contributed by atoms with Crippen molar-refractivity contribution in [3.63, 3.8) is 0 Å². The van der Waals surface area contributed by atoms with Crippen LogP contribution in [0.5, 0.6) is 5.75 Å². The lowest BCUT2D eigenvalue weighted by molar-refractivity contribution is 0.235. The van der Waals surface area contributed by atoms with Gasteiger partial charge in [-0.1, -0.05) is 23.8 Å². The number of methoxy groups -OCH3 is 1. The molecule has 3 aromatic rings. The molecule has 0 bridgehead atoms. The number of rotatable bonds is 5. The Labute approximate surface area is 165 Å². The van der Waals surface area contributed by atoms with Crippen LogP contribution >= 0.6 is 0 Å². The van der Waals surface area contributed by atoms with Crippen molar-refractivity contribution in [1.82, 2.24) is 15.6 Å². The SMILES string of the molecule is COc1ccc(CCNC(=O)NC2CCc3c([nH]c4ccc(C)cc34)C2)cc1. The third-order valence-corrected chi connectivity index (χ3v) is 5.54. The van der Waals surface area contributed by atoms with Crippen LogP contribution in [0.2, 0.25) is 0 Å². The minimum Gasteiger partial charge on any atom is -0.497 e. The van der Waals surface area contributed by atoms with E-state index in [1.807, 2.05) is 24.3 Å². The Morgan fingerprint density at radius 3 is 2.82 bits per heavy atom. The summed E-state index contributed by atoms with van der Waals surface area (Å²) in [5.74, 6) is 0.846. The summed E-state index contributed by atoms with van der Waals surface area (Å²) in [7, 11) is 1.66. The number of benzene rings is 2. The summed E-state index contributed by atoms with van der Waals surface area (Å²) in [4.78, 5) is 15.8. The number of aromatic amines is 1. The third-order valence-electron chi connectivity index (χ3n) is 5.54. The molecular formula is C23H27N3O2. The van der Waals surface area contributed by atoms with Crippen molar-refractivity contribution in [1.29, 1.82) is 0 Å². The number of carbonyl (C=O) groups excluding carboxylic acids is 1. The Morgan fingerprint density at radius 2 is 2.04 bits per heavy atom. The molecule has 5 nitrogen and oxygen atoms in total. The van der Waals surface area contributed by atoms with Gasteiger partial charge in [0.25, 0.3) is 0 Å². The van der Waals surface area contributed by atoms with Gasteiger partial charge >= 0.3 is 6.03 Å². The summed E-state index contributed by atoms with van der Waals surface area (Å²) < 4.78 is 5.16. The average Bonchev–Trinajstić information content (AvgIpc) is 3.05. The number of nitrogens with one attached hydrogen (secondary N) is 3. The van der Waals surface area contributed by atoms with Gasteiger partial charge in [0.15, 0.2) is 0 Å². The van der Waals surface area contributed by atoms with Crippen molar-refractivity contribution in [2.45, 2.75) is 38.6 Å². The van der Waals surface area contributed by atoms with Gasteiger partial charge < -0.3 is 20.4 Å². The maximum atomic E-state index is 12.3. The molecule has 0 aliphatic heterocycles. The number of aromatic nitrogens is 1. The normalized spacial score (nSPS) is 15.9. The van der Waals surface area contributed by atoms with Crippen molar-refractivity contribution in [2.24, 2.45) is 0 Å². The van der Waals surface area contributed by atoms with E-state index < -0.39 is 0 Å². The van der Waals surface area contributed by atoms with Crippen LogP contribution in [-0.2, 0) is 19.3 Å². The fourth-order valence-corrected chi connectivity index (χ4v) is 4.02. The highest BCUT2D eigenvalue weighted by molar-refractivity contribution is 5.85. The van der Waals surface area contributed by atoms with Crippen molar-refractivity contribution in [2.75, 3.05) is 13.7 Å². The molecule has 0 spiro atoms. The van der Waals surface area contributed by atoms with E-state index in [0.29, 0.717) is 6.54 Å². The highest BCUT2D eigenvalue weighted by atomic mass is 16.5. The van der Waals surface area contributed by atoms with Crippen LogP contribution in [0, 0.1) is 6.92 Å². The molecule has 0 saturated carbocycles. The van der Waals surface area contributed by atoms with E-state index in [2.05, 4.69) is 40.7 Å². The fourth-order valence-electron chi connectivity index (χ4n) is 4.02. The van der Waals surface area contributed by atoms with Crippen molar-refractivity contribution < 1.29 is 9.53 Å². The number of amides is 2. The zero-order valence-corrected chi connectivity index (χ0v) is 16.5. The number of hydrogen-bond donors (Lipinski definition) is 3. The first-order valence-corrected chi connectivity index (χ1v) is 9.90. The molecule has 146 valence electrons. The summed E-state index contributed by atoms with van der Waals surface area (Å²) in [6, 6.07) is 14.6. The molecule has 28 heavy (non-hydrogen) atoms. The van der Waals surface area contributed by atoms with Gasteiger partial charge in [-0.25, -0.2) is 4.79 Å². The summed E-state index contributed by atoms with van der Waals surface area (Å²) in [5.41, 5.74) is 6.33. The maximum absolute atomic E-state index is 12.3. The minimum absolute atomic E-state index is 0.0890. The second kappa shape index (κ2) is 7.97. The predicted octanol–water partition coefficient (Wildman–Crippen LogP) is 3.88. The topological polar surface area (TPSA) is 66.2 Å². The predicted molar refractivity (Wildman–Crippen MR) is 112 cm³/mol. The molecule has 2 aromatic carbocycles. The Bertz CT molecular complexity index is 975. The molecule has 2 amide bonds. The molecule has 1 aliphatic carbocycles. The van der Waals surface area contributed by atoms with E-state index in [4.69, 9.17) is 4.74 Å². The number of fused-ring (bicyclic) bond motifs is 3. The lowest BCUT2D eigenvalue weighted by Crippen LogP contribution is -2.45. The van der Waals surface area contributed by atoms with Crippen LogP contribution in [0.4, 0.5) is 4.79 Å². The van der Waals surface area contributed by atoms with Crippen LogP contribution < -0.4 is 15.4 Å². The zero-order valence-electron chi connectivity index (χ0n) is 16.5. The maximum Gasteiger partial charge on any atom is 0.315 e. The Balaban J connectivity index is 1.29. The van der Waals surface area contributed by atoms with Crippen LogP contribution in [0.25, 0.3) is 10.9 Å². The molecule has 0 radical (unpaired) electrons. The zero-order chi connectivity index (χ0) is 19.5. The number of aryl methyl sites for hydroxylation is 2. The van der Waals surface area contributed by atoms with Gasteiger partial charge in [0, 0.05) is 35.6 Å². The first-order chi connectivity index (χ1) is 13.6. The van der Waals surface area contributed by atoms with E-state index in [1.54, 1.807) is 7.11 Å². The average molecular weight is 377 g/mol. The molecular weight excluding hydrogens is 350 g/mol. The summed E-state index contributed by atoms with van der Waals surface area (Å²) >= 11 is 0. The van der Waals surface area contributed by atoms with Gasteiger partial charge in [-0.05, 0) is 61.6 Å². The van der Waals surface area contributed by atoms with Crippen molar-refractivity contribution in [3.05, 3.63) is 64.8 Å². The summed E-state index contributed by atoms with van der Waals surface area (Å²) in [6.07, 6.45) is 3.62. The molecule has 3 N–H and O–H groups in total. The number of carbonyl (C=O) groups is 1. The highest BCUT2D eigenvalue weighted by Gasteiger charge is 2.23. The molecule has 0 saturated heterocycles. The largest absolute Gasteiger partial charge is 0.497 e. The van der Waals surface area contributed by atoms with Crippen LogP contribution in [0.3, 0.4) is 0 Å². The van der Waals surface area contributed by atoms with Gasteiger partial charge in [-0.2, -0.15) is 0 Å². The van der Waals surface area contributed by atoms with E-state index in [0.717, 1.165) is 31.4 Å². The van der Waals surface area contributed by atoms with Gasteiger partial charge in [-0.15, -0.1) is 0 Å². The van der Waals surface area contributed by atoms with E-state index in [9.17, 15) is 4.79 Å². The lowest BCUT2D eigenvalue weighted by atomic mass is 9.91. The van der Waals surface area contributed by atoms with Crippen molar-refractivity contribution >= 4 is 16.9 Å². The Hall–Kier alpha value is -2.95. The molecule has 1 aliphatic rings. The highest BCUT2D eigenvalue weighted by Crippen LogP contribution is 2.29. The molecule has 1 aromatic heterocycles. The standard InChI is InChI=1S/C23H27N3O2/c1-15-3-10-21-20(13-15)19-9-6-17(14-22(19)26-21)25-23(27)24-12-11-16-4-7-18(28-2)8-5-16/h3-5,7-8,10,13,17,26H,6,9,11-12,14H2,1-2H3,(H2,24,25,27). The monoisotopic (exact) mass is 377 g/mol. The molecule has 0 fully saturated rings. The number of ether oxygens (including phenoxy) is 1. The van der Waals surface area contributed by atoms with E-state index in [1.165, 1.54) is 33.3 Å². The molecule has 1 atom stereocenters. The van der Waals surface area contributed by atoms with Crippen LogP contribution in [0.1, 0.15) is 28.8 Å². The third kappa shape index (κ3) is 3.98. The number of H-pyrrole nitrogens is 1. The van der Waals surface area contributed by atoms with Gasteiger partial charge in [-0.3, -0.25) is 0 Å². The Kier molecular flexibility index (Phi) is 5.24. The van der Waals surface area contributed by atoms with Gasteiger partial charge in [0.1, 0.15) is 5.75 Å². The van der Waals surface area contributed by atoms with E-state index >= 15 is 0 Å². The smallest absolute Gasteiger partial charge is 0.315 e. The number of hydrogen-bond acceptors (Lipinski definition) is 2. The first-order valence-electron chi connectivity index (χ1n) is 9.90. The summed E-state index contributed by atoms with van der Waals surface area (Å²) in [5, 5.41) is 7.43. The molecule has 1 heterocycles. The summed E-state index contributed by atoms with van der Waals surface area (Å²) in [6.45, 7) is 2.74. The molecule has 1 unspecified atom stereocenters.